The molecule has 112 valence electrons. The summed E-state index contributed by atoms with van der Waals surface area (Å²) >= 11 is 0. The smallest absolute Gasteiger partial charge is 0.334 e. The first kappa shape index (κ1) is 14.8. The van der Waals surface area contributed by atoms with Gasteiger partial charge in [0.1, 0.15) is 11.4 Å². The van der Waals surface area contributed by atoms with E-state index >= 15 is 0 Å². The molecule has 2 rings (SSSR count). The van der Waals surface area contributed by atoms with Crippen LogP contribution in [0, 0.1) is 10.1 Å². The third-order valence-electron chi connectivity index (χ3n) is 3.11. The minimum Gasteiger partial charge on any atom is -0.497 e. The molecule has 0 aliphatic heterocycles. The zero-order chi connectivity index (χ0) is 15.8. The fraction of sp³-hybridized carbons (Fsp3) is 0.357. The molecule has 0 unspecified atom stereocenters. The van der Waals surface area contributed by atoms with Crippen LogP contribution in [0.25, 0.3) is 5.69 Å². The molecule has 2 aromatic rings. The van der Waals surface area contributed by atoms with Crippen LogP contribution < -0.4 is 10.5 Å². The summed E-state index contributed by atoms with van der Waals surface area (Å²) in [4.78, 5) is 10.8. The third kappa shape index (κ3) is 2.67. The van der Waals surface area contributed by atoms with Gasteiger partial charge < -0.3 is 10.5 Å². The molecule has 0 spiro atoms. The summed E-state index contributed by atoms with van der Waals surface area (Å²) in [6.07, 6.45) is 0. The van der Waals surface area contributed by atoms with E-state index in [0.29, 0.717) is 17.1 Å². The maximum absolute atomic E-state index is 11.3. The lowest BCUT2D eigenvalue weighted by Crippen LogP contribution is -2.14. The number of aromatic nitrogens is 2. The lowest BCUT2D eigenvalue weighted by atomic mass is 9.91. The van der Waals surface area contributed by atoms with Crippen LogP contribution in [0.4, 0.5) is 11.5 Å². The van der Waals surface area contributed by atoms with Crippen LogP contribution in [-0.2, 0) is 5.41 Å². The maximum atomic E-state index is 11.3. The number of nitrogen functional groups attached to an aromatic ring is 1. The van der Waals surface area contributed by atoms with E-state index in [1.807, 2.05) is 20.8 Å². The second-order valence-electron chi connectivity index (χ2n) is 5.70. The van der Waals surface area contributed by atoms with Crippen molar-refractivity contribution in [2.45, 2.75) is 26.2 Å². The van der Waals surface area contributed by atoms with Gasteiger partial charge in [0.2, 0.25) is 5.82 Å². The van der Waals surface area contributed by atoms with Crippen molar-refractivity contribution in [2.75, 3.05) is 12.8 Å². The molecule has 2 N–H and O–H groups in total. The minimum absolute atomic E-state index is 0.0232. The molecule has 21 heavy (non-hydrogen) atoms. The van der Waals surface area contributed by atoms with Crippen LogP contribution in [0.1, 0.15) is 26.5 Å². The van der Waals surface area contributed by atoms with E-state index in [1.54, 1.807) is 31.4 Å². The van der Waals surface area contributed by atoms with Crippen molar-refractivity contribution in [3.63, 3.8) is 0 Å². The average molecular weight is 290 g/mol. The van der Waals surface area contributed by atoms with Crippen molar-refractivity contribution in [2.24, 2.45) is 0 Å². The Bertz CT molecular complexity index is 669. The molecule has 0 radical (unpaired) electrons. The number of anilines is 1. The molecule has 1 heterocycles. The molecule has 0 saturated carbocycles. The first-order valence-corrected chi connectivity index (χ1v) is 6.43. The summed E-state index contributed by atoms with van der Waals surface area (Å²) in [5, 5.41) is 15.6. The van der Waals surface area contributed by atoms with Gasteiger partial charge in [0.15, 0.2) is 0 Å². The molecule has 7 heteroatoms. The first-order valence-electron chi connectivity index (χ1n) is 6.43. The van der Waals surface area contributed by atoms with E-state index in [-0.39, 0.29) is 11.5 Å². The summed E-state index contributed by atoms with van der Waals surface area (Å²) in [7, 11) is 1.57. The van der Waals surface area contributed by atoms with E-state index < -0.39 is 10.3 Å². The summed E-state index contributed by atoms with van der Waals surface area (Å²) in [6.45, 7) is 5.58. The van der Waals surface area contributed by atoms with Gasteiger partial charge in [0.25, 0.3) is 0 Å². The van der Waals surface area contributed by atoms with Crippen molar-refractivity contribution < 1.29 is 9.66 Å². The highest BCUT2D eigenvalue weighted by molar-refractivity contribution is 5.62. The largest absolute Gasteiger partial charge is 0.497 e. The third-order valence-corrected chi connectivity index (χ3v) is 3.11. The quantitative estimate of drug-likeness (QED) is 0.692. The number of hydrogen-bond donors (Lipinski definition) is 1. The number of ether oxygens (including phenoxy) is 1. The Kier molecular flexibility index (Phi) is 3.59. The zero-order valence-corrected chi connectivity index (χ0v) is 12.5. The lowest BCUT2D eigenvalue weighted by molar-refractivity contribution is -0.385. The predicted molar refractivity (Wildman–Crippen MR) is 79.9 cm³/mol. The van der Waals surface area contributed by atoms with E-state index in [0.717, 1.165) is 0 Å². The highest BCUT2D eigenvalue weighted by Crippen LogP contribution is 2.36. The Balaban J connectivity index is 2.62. The van der Waals surface area contributed by atoms with E-state index in [9.17, 15) is 10.1 Å². The SMILES string of the molecule is COc1ccc(-n2nc(C(C)(C)C)c([N+](=O)[O-])c2N)cc1. The van der Waals surface area contributed by atoms with Crippen LogP contribution in [0.15, 0.2) is 24.3 Å². The molecule has 0 aliphatic carbocycles. The standard InChI is InChI=1S/C14H18N4O3/c1-14(2,3)12-11(18(19)20)13(15)17(16-12)9-5-7-10(21-4)8-6-9/h5-8H,15H2,1-4H3. The van der Waals surface area contributed by atoms with Crippen molar-refractivity contribution in [1.82, 2.24) is 9.78 Å². The lowest BCUT2D eigenvalue weighted by Gasteiger charge is -2.13. The number of benzene rings is 1. The van der Waals surface area contributed by atoms with Crippen molar-refractivity contribution in [1.29, 1.82) is 0 Å². The summed E-state index contributed by atoms with van der Waals surface area (Å²) < 4.78 is 6.47. The number of hydrogen-bond acceptors (Lipinski definition) is 5. The normalized spacial score (nSPS) is 11.4. The highest BCUT2D eigenvalue weighted by atomic mass is 16.6. The second kappa shape index (κ2) is 5.08. The highest BCUT2D eigenvalue weighted by Gasteiger charge is 2.33. The Labute approximate surface area is 122 Å². The molecule has 0 saturated heterocycles. The Morgan fingerprint density at radius 2 is 1.86 bits per heavy atom. The molecule has 0 bridgehead atoms. The number of nitro groups is 1. The monoisotopic (exact) mass is 290 g/mol. The molecule has 0 atom stereocenters. The van der Waals surface area contributed by atoms with Gasteiger partial charge in [-0.2, -0.15) is 5.10 Å². The van der Waals surface area contributed by atoms with Crippen LogP contribution >= 0.6 is 0 Å². The number of methoxy groups -OCH3 is 1. The molecular weight excluding hydrogens is 272 g/mol. The van der Waals surface area contributed by atoms with Gasteiger partial charge in [-0.1, -0.05) is 20.8 Å². The number of nitrogens with zero attached hydrogens (tertiary/aromatic N) is 3. The van der Waals surface area contributed by atoms with Crippen LogP contribution in [0.3, 0.4) is 0 Å². The van der Waals surface area contributed by atoms with Gasteiger partial charge in [-0.3, -0.25) is 10.1 Å². The summed E-state index contributed by atoms with van der Waals surface area (Å²) in [5.74, 6) is 0.713. The first-order chi connectivity index (χ1) is 9.75. The fourth-order valence-corrected chi connectivity index (χ4v) is 2.03. The average Bonchev–Trinajstić information content (AvgIpc) is 2.76. The van der Waals surface area contributed by atoms with E-state index in [1.165, 1.54) is 4.68 Å². The maximum Gasteiger partial charge on any atom is 0.334 e. The minimum atomic E-state index is -0.483. The number of nitrogens with two attached hydrogens (primary N) is 1. The van der Waals surface area contributed by atoms with Crippen LogP contribution in [0.2, 0.25) is 0 Å². The van der Waals surface area contributed by atoms with E-state index in [4.69, 9.17) is 10.5 Å². The van der Waals surface area contributed by atoms with Gasteiger partial charge >= 0.3 is 5.69 Å². The van der Waals surface area contributed by atoms with Crippen molar-refractivity contribution >= 4 is 11.5 Å². The Morgan fingerprint density at radius 3 is 2.24 bits per heavy atom. The fourth-order valence-electron chi connectivity index (χ4n) is 2.03. The Morgan fingerprint density at radius 1 is 1.29 bits per heavy atom. The molecule has 0 fully saturated rings. The molecule has 1 aromatic carbocycles. The van der Waals surface area contributed by atoms with Gasteiger partial charge in [-0.05, 0) is 24.3 Å². The summed E-state index contributed by atoms with van der Waals surface area (Å²) in [6, 6.07) is 6.99. The van der Waals surface area contributed by atoms with Gasteiger partial charge in [-0.15, -0.1) is 0 Å². The Hall–Kier alpha value is -2.57. The molecule has 0 amide bonds. The van der Waals surface area contributed by atoms with Gasteiger partial charge in [0, 0.05) is 5.41 Å². The van der Waals surface area contributed by atoms with Crippen molar-refractivity contribution in [3.05, 3.63) is 40.1 Å². The topological polar surface area (TPSA) is 96.2 Å². The van der Waals surface area contributed by atoms with Crippen LogP contribution in [0.5, 0.6) is 5.75 Å². The predicted octanol–water partition coefficient (Wildman–Crippen LogP) is 2.67. The molecule has 0 aliphatic rings. The van der Waals surface area contributed by atoms with Crippen LogP contribution in [-0.4, -0.2) is 21.8 Å². The summed E-state index contributed by atoms with van der Waals surface area (Å²) in [5.41, 5.74) is 6.32. The number of rotatable bonds is 3. The van der Waals surface area contributed by atoms with E-state index in [2.05, 4.69) is 5.10 Å². The second-order valence-corrected chi connectivity index (χ2v) is 5.70. The van der Waals surface area contributed by atoms with Gasteiger partial charge in [-0.25, -0.2) is 4.68 Å². The van der Waals surface area contributed by atoms with Gasteiger partial charge in [0.05, 0.1) is 17.7 Å². The zero-order valence-electron chi connectivity index (χ0n) is 12.5. The molecule has 1 aromatic heterocycles. The van der Waals surface area contributed by atoms with Crippen molar-refractivity contribution in [3.8, 4) is 11.4 Å². The molecule has 7 nitrogen and oxygen atoms in total. The molecular formula is C14H18N4O3.